The van der Waals surface area contributed by atoms with Crippen molar-refractivity contribution in [3.05, 3.63) is 59.3 Å². The molecule has 0 spiro atoms. The van der Waals surface area contributed by atoms with Crippen LogP contribution in [-0.2, 0) is 0 Å². The third-order valence-corrected chi connectivity index (χ3v) is 5.99. The van der Waals surface area contributed by atoms with Crippen molar-refractivity contribution >= 4 is 16.6 Å². The van der Waals surface area contributed by atoms with Gasteiger partial charge in [-0.1, -0.05) is 19.1 Å². The Kier molecular flexibility index (Phi) is 5.04. The van der Waals surface area contributed by atoms with Gasteiger partial charge in [0.2, 0.25) is 0 Å². The molecule has 0 saturated carbocycles. The number of aliphatic hydroxyl groups is 1. The molecule has 5 nitrogen and oxygen atoms in total. The minimum Gasteiger partial charge on any atom is -0.505 e. The highest BCUT2D eigenvalue weighted by Crippen LogP contribution is 2.55. The molecular weight excluding hydrogens is 414 g/mol. The number of phenolic OH excluding ortho intramolecular Hbond substituents is 1. The molecule has 2 aromatic carbocycles. The van der Waals surface area contributed by atoms with Crippen molar-refractivity contribution in [2.45, 2.75) is 50.4 Å². The highest BCUT2D eigenvalue weighted by molar-refractivity contribution is 5.91. The third kappa shape index (κ3) is 3.37. The summed E-state index contributed by atoms with van der Waals surface area (Å²) in [6.45, 7) is 3.33. The summed E-state index contributed by atoms with van der Waals surface area (Å²) in [6, 6.07) is 5.31. The van der Waals surface area contributed by atoms with E-state index in [1.54, 1.807) is 32.0 Å². The monoisotopic (exact) mass is 435 g/mol. The van der Waals surface area contributed by atoms with Crippen molar-refractivity contribution < 1.29 is 27.8 Å². The molecule has 3 N–H and O–H groups in total. The number of halogens is 4. The summed E-state index contributed by atoms with van der Waals surface area (Å²) in [7, 11) is 0. The van der Waals surface area contributed by atoms with Gasteiger partial charge in [-0.05, 0) is 49.4 Å². The molecule has 31 heavy (non-hydrogen) atoms. The molecule has 0 aliphatic heterocycles. The number of hydrogen-bond donors (Lipinski definition) is 3. The number of hydrogen-bond acceptors (Lipinski definition) is 5. The summed E-state index contributed by atoms with van der Waals surface area (Å²) >= 11 is 0. The topological polar surface area (TPSA) is 78.3 Å². The minimum atomic E-state index is -4.97. The zero-order valence-electron chi connectivity index (χ0n) is 16.8. The highest BCUT2D eigenvalue weighted by atomic mass is 19.4. The molecule has 1 aliphatic rings. The fourth-order valence-electron chi connectivity index (χ4n) is 4.38. The molecule has 4 rings (SSSR count). The molecular formula is C22H21F4N3O2. The lowest BCUT2D eigenvalue weighted by molar-refractivity contribution is -0.272. The van der Waals surface area contributed by atoms with Crippen molar-refractivity contribution in [1.29, 1.82) is 0 Å². The SMILES string of the molecule is CCC1CC(O)(C(F)(F)F)C(Nc2cccc3nc(C)ncc23)c2ccc(F)c(O)c21. The van der Waals surface area contributed by atoms with E-state index in [1.165, 1.54) is 12.3 Å². The maximum absolute atomic E-state index is 14.2. The van der Waals surface area contributed by atoms with Crippen molar-refractivity contribution in [2.24, 2.45) is 0 Å². The normalized spacial score (nSPS) is 23.6. The molecule has 0 amide bonds. The molecule has 1 aliphatic carbocycles. The third-order valence-electron chi connectivity index (χ3n) is 5.99. The Labute approximate surface area is 175 Å². The summed E-state index contributed by atoms with van der Waals surface area (Å²) in [5.41, 5.74) is -2.24. The Morgan fingerprint density at radius 1 is 1.23 bits per heavy atom. The number of aromatic hydroxyl groups is 1. The lowest BCUT2D eigenvalue weighted by atomic mass is 9.69. The number of benzene rings is 2. The lowest BCUT2D eigenvalue weighted by Crippen LogP contribution is -2.55. The average molecular weight is 435 g/mol. The molecule has 0 bridgehead atoms. The second-order valence-corrected chi connectivity index (χ2v) is 7.86. The summed E-state index contributed by atoms with van der Waals surface area (Å²) in [6.07, 6.45) is -4.00. The van der Waals surface area contributed by atoms with Gasteiger partial charge in [-0.25, -0.2) is 14.4 Å². The second kappa shape index (κ2) is 7.33. The van der Waals surface area contributed by atoms with E-state index in [4.69, 9.17) is 0 Å². The number of aromatic nitrogens is 2. The Hall–Kier alpha value is -2.94. The number of aryl methyl sites for hydroxylation is 1. The van der Waals surface area contributed by atoms with Crippen LogP contribution in [0.25, 0.3) is 10.9 Å². The van der Waals surface area contributed by atoms with Crippen LogP contribution < -0.4 is 5.32 Å². The predicted molar refractivity (Wildman–Crippen MR) is 107 cm³/mol. The van der Waals surface area contributed by atoms with E-state index in [9.17, 15) is 27.8 Å². The molecule has 3 atom stereocenters. The van der Waals surface area contributed by atoms with Gasteiger partial charge in [-0.2, -0.15) is 13.2 Å². The van der Waals surface area contributed by atoms with Crippen LogP contribution in [0.4, 0.5) is 23.2 Å². The average Bonchev–Trinajstić information content (AvgIpc) is 2.71. The van der Waals surface area contributed by atoms with Crippen LogP contribution in [0, 0.1) is 12.7 Å². The zero-order valence-corrected chi connectivity index (χ0v) is 16.8. The number of nitrogens with zero attached hydrogens (tertiary/aromatic N) is 2. The molecule has 0 radical (unpaired) electrons. The van der Waals surface area contributed by atoms with E-state index < -0.39 is 41.7 Å². The molecule has 0 fully saturated rings. The summed E-state index contributed by atoms with van der Waals surface area (Å²) in [5.74, 6) is -1.96. The molecule has 1 aromatic heterocycles. The van der Waals surface area contributed by atoms with Gasteiger partial charge in [-0.3, -0.25) is 0 Å². The Bertz CT molecular complexity index is 1150. The lowest BCUT2D eigenvalue weighted by Gasteiger charge is -2.45. The van der Waals surface area contributed by atoms with Crippen molar-refractivity contribution in [2.75, 3.05) is 5.32 Å². The van der Waals surface area contributed by atoms with Crippen LogP contribution in [0.5, 0.6) is 5.75 Å². The number of rotatable bonds is 3. The molecule has 0 saturated heterocycles. The van der Waals surface area contributed by atoms with E-state index in [1.807, 2.05) is 0 Å². The van der Waals surface area contributed by atoms with Gasteiger partial charge >= 0.3 is 6.18 Å². The largest absolute Gasteiger partial charge is 0.505 e. The van der Waals surface area contributed by atoms with Gasteiger partial charge in [-0.15, -0.1) is 0 Å². The molecule has 9 heteroatoms. The van der Waals surface area contributed by atoms with Gasteiger partial charge in [0.1, 0.15) is 5.82 Å². The number of anilines is 1. The van der Waals surface area contributed by atoms with Gasteiger partial charge in [0.05, 0.1) is 11.6 Å². The summed E-state index contributed by atoms with van der Waals surface area (Å²) < 4.78 is 56.6. The Morgan fingerprint density at radius 3 is 2.65 bits per heavy atom. The fraction of sp³-hybridized carbons (Fsp3) is 0.364. The molecule has 3 unspecified atom stereocenters. The molecule has 164 valence electrons. The summed E-state index contributed by atoms with van der Waals surface area (Å²) in [5, 5.41) is 24.6. The van der Waals surface area contributed by atoms with Crippen molar-refractivity contribution in [1.82, 2.24) is 9.97 Å². The number of fused-ring (bicyclic) bond motifs is 2. The maximum Gasteiger partial charge on any atom is 0.419 e. The smallest absolute Gasteiger partial charge is 0.419 e. The van der Waals surface area contributed by atoms with Crippen LogP contribution in [0.3, 0.4) is 0 Å². The first-order valence-corrected chi connectivity index (χ1v) is 9.86. The number of nitrogens with one attached hydrogen (secondary N) is 1. The van der Waals surface area contributed by atoms with Gasteiger partial charge in [0.15, 0.2) is 17.2 Å². The maximum atomic E-state index is 14.2. The predicted octanol–water partition coefficient (Wildman–Crippen LogP) is 5.13. The quantitative estimate of drug-likeness (QED) is 0.498. The van der Waals surface area contributed by atoms with Crippen molar-refractivity contribution in [3.8, 4) is 5.75 Å². The second-order valence-electron chi connectivity index (χ2n) is 7.86. The van der Waals surface area contributed by atoms with Gasteiger partial charge < -0.3 is 15.5 Å². The highest BCUT2D eigenvalue weighted by Gasteiger charge is 2.62. The van der Waals surface area contributed by atoms with Crippen LogP contribution in [0.2, 0.25) is 0 Å². The first kappa shape index (κ1) is 21.3. The van der Waals surface area contributed by atoms with Gasteiger partial charge in [0.25, 0.3) is 0 Å². The summed E-state index contributed by atoms with van der Waals surface area (Å²) in [4.78, 5) is 8.40. The minimum absolute atomic E-state index is 0.00172. The molecule has 3 aromatic rings. The fourth-order valence-corrected chi connectivity index (χ4v) is 4.38. The Balaban J connectivity index is 1.93. The number of alkyl halides is 3. The van der Waals surface area contributed by atoms with E-state index >= 15 is 0 Å². The van der Waals surface area contributed by atoms with Crippen LogP contribution in [-0.4, -0.2) is 32.0 Å². The Morgan fingerprint density at radius 2 is 1.97 bits per heavy atom. The number of phenols is 1. The van der Waals surface area contributed by atoms with Gasteiger partial charge in [0, 0.05) is 22.8 Å². The van der Waals surface area contributed by atoms with Crippen LogP contribution >= 0.6 is 0 Å². The first-order chi connectivity index (χ1) is 14.6. The van der Waals surface area contributed by atoms with E-state index in [0.29, 0.717) is 16.7 Å². The first-order valence-electron chi connectivity index (χ1n) is 9.86. The van der Waals surface area contributed by atoms with Crippen molar-refractivity contribution in [3.63, 3.8) is 0 Å². The van der Waals surface area contributed by atoms with Crippen LogP contribution in [0.1, 0.15) is 48.7 Å². The van der Waals surface area contributed by atoms with Crippen LogP contribution in [0.15, 0.2) is 36.5 Å². The zero-order chi connectivity index (χ0) is 22.6. The van der Waals surface area contributed by atoms with E-state index in [0.717, 1.165) is 6.07 Å². The van der Waals surface area contributed by atoms with E-state index in [-0.39, 0.29) is 23.2 Å². The van der Waals surface area contributed by atoms with E-state index in [2.05, 4.69) is 15.3 Å². The molecule has 1 heterocycles. The standard InChI is InChI=1S/C22H21F4N3O2/c1-3-12-9-21(31,22(24,25)26)20(13-7-8-15(23)19(30)18(12)13)29-17-6-4-5-16-14(17)10-27-11(2)28-16/h4-8,10,12,20,29-31H,3,9H2,1-2H3.